The van der Waals surface area contributed by atoms with Gasteiger partial charge in [0.25, 0.3) is 0 Å². The van der Waals surface area contributed by atoms with E-state index < -0.39 is 0 Å². The summed E-state index contributed by atoms with van der Waals surface area (Å²) < 4.78 is 5.79. The van der Waals surface area contributed by atoms with E-state index in [-0.39, 0.29) is 0 Å². The van der Waals surface area contributed by atoms with Crippen LogP contribution in [0.1, 0.15) is 38.3 Å². The van der Waals surface area contributed by atoms with Crippen LogP contribution in [0.15, 0.2) is 18.3 Å². The van der Waals surface area contributed by atoms with Crippen LogP contribution >= 0.6 is 0 Å². The Morgan fingerprint density at radius 2 is 2.29 bits per heavy atom. The summed E-state index contributed by atoms with van der Waals surface area (Å²) >= 11 is 0. The highest BCUT2D eigenvalue weighted by Gasteiger charge is 2.19. The van der Waals surface area contributed by atoms with Crippen molar-refractivity contribution in [3.8, 4) is 5.75 Å². The fraction of sp³-hybridized carbons (Fsp3) is 0.643. The Hall–Kier alpha value is -1.09. The van der Waals surface area contributed by atoms with E-state index in [1.807, 2.05) is 12.1 Å². The summed E-state index contributed by atoms with van der Waals surface area (Å²) in [5, 5.41) is 0. The van der Waals surface area contributed by atoms with Crippen molar-refractivity contribution in [1.29, 1.82) is 0 Å². The van der Waals surface area contributed by atoms with Gasteiger partial charge in [-0.3, -0.25) is 4.98 Å². The van der Waals surface area contributed by atoms with Crippen LogP contribution in [-0.2, 0) is 6.54 Å². The highest BCUT2D eigenvalue weighted by Crippen LogP contribution is 2.28. The van der Waals surface area contributed by atoms with Crippen LogP contribution in [0.2, 0.25) is 0 Å². The molecule has 3 nitrogen and oxygen atoms in total. The lowest BCUT2D eigenvalue weighted by Gasteiger charge is -2.26. The maximum absolute atomic E-state index is 5.79. The molecule has 1 fully saturated rings. The molecule has 0 aliphatic heterocycles. The molecule has 17 heavy (non-hydrogen) atoms. The first-order chi connectivity index (χ1) is 8.28. The highest BCUT2D eigenvalue weighted by atomic mass is 16.5. The summed E-state index contributed by atoms with van der Waals surface area (Å²) in [5.41, 5.74) is 6.41. The molecule has 1 aliphatic rings. The van der Waals surface area contributed by atoms with Crippen LogP contribution in [0.5, 0.6) is 5.75 Å². The molecule has 2 unspecified atom stereocenters. The van der Waals surface area contributed by atoms with Gasteiger partial charge in [-0.2, -0.15) is 0 Å². The maximum atomic E-state index is 5.79. The molecular formula is C14H22N2O. The Morgan fingerprint density at radius 1 is 1.41 bits per heavy atom. The second kappa shape index (κ2) is 6.01. The number of ether oxygens (including phenoxy) is 1. The van der Waals surface area contributed by atoms with Crippen LogP contribution in [-0.4, -0.2) is 11.6 Å². The lowest BCUT2D eigenvalue weighted by Crippen LogP contribution is -2.19. The number of pyridine rings is 1. The van der Waals surface area contributed by atoms with Gasteiger partial charge < -0.3 is 10.5 Å². The predicted octanol–water partition coefficient (Wildman–Crippen LogP) is 2.75. The highest BCUT2D eigenvalue weighted by molar-refractivity contribution is 5.19. The van der Waals surface area contributed by atoms with Gasteiger partial charge in [0.1, 0.15) is 5.75 Å². The minimum Gasteiger partial charge on any atom is -0.492 e. The summed E-state index contributed by atoms with van der Waals surface area (Å²) in [4.78, 5) is 4.23. The number of hydrogen-bond acceptors (Lipinski definition) is 3. The minimum absolute atomic E-state index is 0.487. The number of nitrogens with two attached hydrogens (primary N) is 1. The van der Waals surface area contributed by atoms with Crippen molar-refractivity contribution in [2.75, 3.05) is 6.61 Å². The third kappa shape index (κ3) is 3.70. The molecule has 2 rings (SSSR count). The maximum Gasteiger partial charge on any atom is 0.137 e. The van der Waals surface area contributed by atoms with Gasteiger partial charge in [0.2, 0.25) is 0 Å². The van der Waals surface area contributed by atoms with Crippen LogP contribution < -0.4 is 10.5 Å². The van der Waals surface area contributed by atoms with E-state index in [2.05, 4.69) is 11.9 Å². The van der Waals surface area contributed by atoms with Gasteiger partial charge in [-0.25, -0.2) is 0 Å². The molecule has 1 aliphatic carbocycles. The second-order valence-corrected chi connectivity index (χ2v) is 5.14. The van der Waals surface area contributed by atoms with Gasteiger partial charge in [-0.05, 0) is 36.8 Å². The first-order valence-electron chi connectivity index (χ1n) is 6.55. The van der Waals surface area contributed by atoms with Crippen molar-refractivity contribution >= 4 is 0 Å². The van der Waals surface area contributed by atoms with Crippen molar-refractivity contribution in [3.63, 3.8) is 0 Å². The van der Waals surface area contributed by atoms with Crippen LogP contribution in [0.25, 0.3) is 0 Å². The molecule has 0 spiro atoms. The molecule has 2 atom stereocenters. The van der Waals surface area contributed by atoms with Crippen molar-refractivity contribution in [2.24, 2.45) is 17.6 Å². The van der Waals surface area contributed by atoms with E-state index in [0.29, 0.717) is 12.5 Å². The molecule has 1 heterocycles. The van der Waals surface area contributed by atoms with Crippen molar-refractivity contribution in [3.05, 3.63) is 24.0 Å². The first-order valence-corrected chi connectivity index (χ1v) is 6.55. The van der Waals surface area contributed by atoms with E-state index in [9.17, 15) is 0 Å². The summed E-state index contributed by atoms with van der Waals surface area (Å²) in [7, 11) is 0. The lowest BCUT2D eigenvalue weighted by molar-refractivity contribution is 0.182. The van der Waals surface area contributed by atoms with Gasteiger partial charge in [0.15, 0.2) is 0 Å². The second-order valence-electron chi connectivity index (χ2n) is 5.14. The van der Waals surface area contributed by atoms with Gasteiger partial charge in [0.05, 0.1) is 18.5 Å². The minimum atomic E-state index is 0.487. The van der Waals surface area contributed by atoms with Gasteiger partial charge in [-0.15, -0.1) is 0 Å². The van der Waals surface area contributed by atoms with Gasteiger partial charge in [-0.1, -0.05) is 19.8 Å². The van der Waals surface area contributed by atoms with Crippen molar-refractivity contribution in [2.45, 2.75) is 39.2 Å². The zero-order valence-electron chi connectivity index (χ0n) is 10.6. The normalized spacial score (nSPS) is 24.6. The quantitative estimate of drug-likeness (QED) is 0.871. The molecule has 94 valence electrons. The summed E-state index contributed by atoms with van der Waals surface area (Å²) in [6, 6.07) is 3.89. The van der Waals surface area contributed by atoms with Gasteiger partial charge in [0, 0.05) is 6.54 Å². The van der Waals surface area contributed by atoms with Gasteiger partial charge >= 0.3 is 0 Å². The van der Waals surface area contributed by atoms with Crippen LogP contribution in [0, 0.1) is 11.8 Å². The number of hydrogen-bond donors (Lipinski definition) is 1. The fourth-order valence-corrected chi connectivity index (χ4v) is 2.54. The third-order valence-electron chi connectivity index (χ3n) is 3.54. The topological polar surface area (TPSA) is 48.1 Å². The molecular weight excluding hydrogens is 212 g/mol. The van der Waals surface area contributed by atoms with Crippen LogP contribution in [0.3, 0.4) is 0 Å². The molecule has 0 saturated heterocycles. The van der Waals surface area contributed by atoms with Crippen molar-refractivity contribution in [1.82, 2.24) is 4.98 Å². The Labute approximate surface area is 103 Å². The monoisotopic (exact) mass is 234 g/mol. The Balaban J connectivity index is 1.80. The first kappa shape index (κ1) is 12.4. The van der Waals surface area contributed by atoms with E-state index in [4.69, 9.17) is 10.5 Å². The summed E-state index contributed by atoms with van der Waals surface area (Å²) in [6.45, 7) is 3.65. The van der Waals surface area contributed by atoms with E-state index in [1.54, 1.807) is 6.20 Å². The molecule has 2 N–H and O–H groups in total. The molecule has 0 radical (unpaired) electrons. The fourth-order valence-electron chi connectivity index (χ4n) is 2.54. The van der Waals surface area contributed by atoms with E-state index in [0.717, 1.165) is 24.0 Å². The van der Waals surface area contributed by atoms with E-state index >= 15 is 0 Å². The molecule has 0 aromatic carbocycles. The molecule has 1 saturated carbocycles. The standard InChI is InChI=1S/C14H22N2O/c1-11-3-2-4-12(7-11)10-17-14-6-5-13(8-15)16-9-14/h5-6,9,11-12H,2-4,7-8,10,15H2,1H3. The smallest absolute Gasteiger partial charge is 0.137 e. The average Bonchev–Trinajstić information content (AvgIpc) is 2.37. The zero-order chi connectivity index (χ0) is 12.1. The third-order valence-corrected chi connectivity index (χ3v) is 3.54. The summed E-state index contributed by atoms with van der Waals surface area (Å²) in [5.74, 6) is 2.43. The Morgan fingerprint density at radius 3 is 2.94 bits per heavy atom. The molecule has 0 bridgehead atoms. The Bertz CT molecular complexity index is 337. The molecule has 3 heteroatoms. The molecule has 1 aromatic rings. The largest absolute Gasteiger partial charge is 0.492 e. The van der Waals surface area contributed by atoms with Crippen LogP contribution in [0.4, 0.5) is 0 Å². The lowest BCUT2D eigenvalue weighted by atomic mass is 9.83. The Kier molecular flexibility index (Phi) is 4.37. The van der Waals surface area contributed by atoms with E-state index in [1.165, 1.54) is 25.7 Å². The van der Waals surface area contributed by atoms with Crippen molar-refractivity contribution < 1.29 is 4.74 Å². The predicted molar refractivity (Wildman–Crippen MR) is 68.7 cm³/mol. The number of aromatic nitrogens is 1. The molecule has 0 amide bonds. The SMILES string of the molecule is CC1CCCC(COc2ccc(CN)nc2)C1. The number of nitrogens with zero attached hydrogens (tertiary/aromatic N) is 1. The zero-order valence-corrected chi connectivity index (χ0v) is 10.6. The average molecular weight is 234 g/mol. The molecule has 1 aromatic heterocycles. The summed E-state index contributed by atoms with van der Waals surface area (Å²) in [6.07, 6.45) is 7.10. The number of rotatable bonds is 4.